The fourth-order valence-corrected chi connectivity index (χ4v) is 1.68. The summed E-state index contributed by atoms with van der Waals surface area (Å²) in [5.41, 5.74) is 0. The zero-order valence-electron chi connectivity index (χ0n) is 5.79. The Morgan fingerprint density at radius 3 is 3.00 bits per heavy atom. The van der Waals surface area contributed by atoms with Crippen LogP contribution in [0.5, 0.6) is 0 Å². The van der Waals surface area contributed by atoms with Crippen molar-refractivity contribution in [3.05, 3.63) is 0 Å². The molecule has 3 heteroatoms. The number of aliphatic hydroxyl groups is 1. The highest BCUT2D eigenvalue weighted by atomic mass is 16.3. The van der Waals surface area contributed by atoms with Crippen molar-refractivity contribution in [2.45, 2.75) is 6.42 Å². The zero-order chi connectivity index (χ0) is 7.14. The Bertz CT molecular complexity index is 169. The van der Waals surface area contributed by atoms with E-state index in [4.69, 9.17) is 5.11 Å². The van der Waals surface area contributed by atoms with E-state index in [1.165, 1.54) is 0 Å². The van der Waals surface area contributed by atoms with Gasteiger partial charge >= 0.3 is 0 Å². The molecule has 0 spiro atoms. The van der Waals surface area contributed by atoms with E-state index in [1.807, 2.05) is 0 Å². The molecule has 1 saturated heterocycles. The molecule has 1 N–H and O–H groups in total. The van der Waals surface area contributed by atoms with Crippen LogP contribution in [0.25, 0.3) is 0 Å². The Labute approximate surface area is 59.6 Å². The summed E-state index contributed by atoms with van der Waals surface area (Å²) in [6.07, 6.45) is 1.10. The van der Waals surface area contributed by atoms with E-state index in [9.17, 15) is 4.79 Å². The highest BCUT2D eigenvalue weighted by molar-refractivity contribution is 5.84. The van der Waals surface area contributed by atoms with Crippen LogP contribution in [-0.2, 0) is 4.79 Å². The van der Waals surface area contributed by atoms with E-state index in [2.05, 4.69) is 0 Å². The summed E-state index contributed by atoms with van der Waals surface area (Å²) in [7, 11) is 0. The van der Waals surface area contributed by atoms with E-state index in [1.54, 1.807) is 4.90 Å². The first-order valence-electron chi connectivity index (χ1n) is 3.72. The third-order valence-electron chi connectivity index (χ3n) is 2.38. The van der Waals surface area contributed by atoms with Crippen LogP contribution in [0.1, 0.15) is 6.42 Å². The smallest absolute Gasteiger partial charge is 0.226 e. The quantitative estimate of drug-likeness (QED) is 0.561. The summed E-state index contributed by atoms with van der Waals surface area (Å²) < 4.78 is 0. The lowest BCUT2D eigenvalue weighted by molar-refractivity contribution is -0.130. The van der Waals surface area contributed by atoms with E-state index < -0.39 is 0 Å². The van der Waals surface area contributed by atoms with Gasteiger partial charge in [0.1, 0.15) is 0 Å². The molecule has 0 radical (unpaired) electrons. The summed E-state index contributed by atoms with van der Waals surface area (Å²) in [5.74, 6) is 1.24. The molecule has 56 valence electrons. The number of fused-ring (bicyclic) bond motifs is 1. The number of hydrogen-bond acceptors (Lipinski definition) is 2. The molecule has 10 heavy (non-hydrogen) atoms. The van der Waals surface area contributed by atoms with Gasteiger partial charge in [0.25, 0.3) is 0 Å². The van der Waals surface area contributed by atoms with Gasteiger partial charge in [-0.25, -0.2) is 0 Å². The van der Waals surface area contributed by atoms with E-state index in [0.717, 1.165) is 13.0 Å². The molecule has 0 aromatic carbocycles. The number of β-amino-alcohol motifs (C(OH)–C–C–N with tert-alkyl or cyclic N) is 1. The highest BCUT2D eigenvalue weighted by Gasteiger charge is 2.51. The van der Waals surface area contributed by atoms with Crippen LogP contribution in [0, 0.1) is 11.8 Å². The predicted octanol–water partition coefficient (Wildman–Crippen LogP) is -0.543. The van der Waals surface area contributed by atoms with Crippen LogP contribution in [0.2, 0.25) is 0 Å². The lowest BCUT2D eigenvalue weighted by Crippen LogP contribution is -2.30. The molecule has 1 saturated carbocycles. The molecule has 0 aromatic heterocycles. The van der Waals surface area contributed by atoms with Crippen molar-refractivity contribution in [3.63, 3.8) is 0 Å². The van der Waals surface area contributed by atoms with E-state index in [-0.39, 0.29) is 12.5 Å². The highest BCUT2D eigenvalue weighted by Crippen LogP contribution is 2.45. The minimum Gasteiger partial charge on any atom is -0.395 e. The molecule has 2 rings (SSSR count). The molecule has 2 aliphatic rings. The predicted molar refractivity (Wildman–Crippen MR) is 35.3 cm³/mol. The summed E-state index contributed by atoms with van der Waals surface area (Å²) in [4.78, 5) is 12.9. The Kier molecular flexibility index (Phi) is 1.20. The second-order valence-corrected chi connectivity index (χ2v) is 3.11. The number of amides is 1. The Balaban J connectivity index is 1.95. The van der Waals surface area contributed by atoms with Gasteiger partial charge in [-0.05, 0) is 12.3 Å². The van der Waals surface area contributed by atoms with Gasteiger partial charge in [0.2, 0.25) is 5.91 Å². The molecule has 2 unspecified atom stereocenters. The number of likely N-dealkylation sites (tertiary alicyclic amines) is 1. The number of nitrogens with zero attached hydrogens (tertiary/aromatic N) is 1. The Hall–Kier alpha value is -0.570. The molecular formula is C7H11NO2. The maximum absolute atomic E-state index is 11.2. The third-order valence-corrected chi connectivity index (χ3v) is 2.38. The second kappa shape index (κ2) is 1.95. The molecule has 2 atom stereocenters. The fraction of sp³-hybridized carbons (Fsp3) is 0.857. The minimum absolute atomic E-state index is 0.102. The van der Waals surface area contributed by atoms with Gasteiger partial charge in [-0.15, -0.1) is 0 Å². The standard InChI is InChI=1S/C7H11NO2/c9-2-1-8-4-5-3-6(5)7(8)10/h5-6,9H,1-4H2. The monoisotopic (exact) mass is 141 g/mol. The average molecular weight is 141 g/mol. The molecular weight excluding hydrogens is 130 g/mol. The van der Waals surface area contributed by atoms with Crippen LogP contribution in [0.15, 0.2) is 0 Å². The average Bonchev–Trinajstić information content (AvgIpc) is 2.60. The molecule has 1 heterocycles. The molecule has 0 aromatic rings. The van der Waals surface area contributed by atoms with Crippen LogP contribution >= 0.6 is 0 Å². The maximum Gasteiger partial charge on any atom is 0.226 e. The lowest BCUT2D eigenvalue weighted by atomic mass is 10.4. The molecule has 3 nitrogen and oxygen atoms in total. The number of aliphatic hydroxyl groups excluding tert-OH is 1. The van der Waals surface area contributed by atoms with Crippen LogP contribution in [0.3, 0.4) is 0 Å². The van der Waals surface area contributed by atoms with E-state index >= 15 is 0 Å². The number of hydrogen-bond donors (Lipinski definition) is 1. The Morgan fingerprint density at radius 1 is 1.70 bits per heavy atom. The van der Waals surface area contributed by atoms with Gasteiger partial charge in [0.05, 0.1) is 6.61 Å². The summed E-state index contributed by atoms with van der Waals surface area (Å²) in [5, 5.41) is 8.55. The van der Waals surface area contributed by atoms with Gasteiger partial charge in [-0.3, -0.25) is 4.79 Å². The van der Waals surface area contributed by atoms with Crippen LogP contribution < -0.4 is 0 Å². The molecule has 2 fully saturated rings. The first-order chi connectivity index (χ1) is 4.83. The van der Waals surface area contributed by atoms with Crippen molar-refractivity contribution in [2.75, 3.05) is 19.7 Å². The number of rotatable bonds is 2. The lowest BCUT2D eigenvalue weighted by Gasteiger charge is -2.15. The van der Waals surface area contributed by atoms with Crippen molar-refractivity contribution >= 4 is 5.91 Å². The fourth-order valence-electron chi connectivity index (χ4n) is 1.68. The first kappa shape index (κ1) is 6.16. The van der Waals surface area contributed by atoms with Crippen molar-refractivity contribution in [1.29, 1.82) is 0 Å². The molecule has 1 aliphatic carbocycles. The van der Waals surface area contributed by atoms with Crippen molar-refractivity contribution < 1.29 is 9.90 Å². The van der Waals surface area contributed by atoms with Gasteiger partial charge in [-0.1, -0.05) is 0 Å². The normalized spacial score (nSPS) is 36.5. The first-order valence-corrected chi connectivity index (χ1v) is 3.72. The molecule has 1 amide bonds. The number of piperidine rings is 1. The van der Waals surface area contributed by atoms with Gasteiger partial charge < -0.3 is 10.0 Å². The molecule has 0 bridgehead atoms. The number of carbonyl (C=O) groups is 1. The largest absolute Gasteiger partial charge is 0.395 e. The summed E-state index contributed by atoms with van der Waals surface area (Å²) in [6, 6.07) is 0. The molecule has 1 aliphatic heterocycles. The van der Waals surface area contributed by atoms with E-state index in [0.29, 0.717) is 18.4 Å². The van der Waals surface area contributed by atoms with Gasteiger partial charge in [-0.2, -0.15) is 0 Å². The van der Waals surface area contributed by atoms with Crippen LogP contribution in [0.4, 0.5) is 0 Å². The summed E-state index contributed by atoms with van der Waals surface area (Å²) >= 11 is 0. The topological polar surface area (TPSA) is 40.5 Å². The van der Waals surface area contributed by atoms with Crippen LogP contribution in [-0.4, -0.2) is 35.6 Å². The number of carbonyl (C=O) groups excluding carboxylic acids is 1. The van der Waals surface area contributed by atoms with Crippen molar-refractivity contribution in [3.8, 4) is 0 Å². The maximum atomic E-state index is 11.2. The SMILES string of the molecule is O=C1C2CC2CN1CCO. The Morgan fingerprint density at radius 2 is 2.50 bits per heavy atom. The van der Waals surface area contributed by atoms with Crippen molar-refractivity contribution in [1.82, 2.24) is 4.90 Å². The van der Waals surface area contributed by atoms with Crippen molar-refractivity contribution in [2.24, 2.45) is 11.8 Å². The zero-order valence-corrected chi connectivity index (χ0v) is 5.79. The second-order valence-electron chi connectivity index (χ2n) is 3.11. The third kappa shape index (κ3) is 0.736. The summed E-state index contributed by atoms with van der Waals surface area (Å²) in [6.45, 7) is 1.53. The van der Waals surface area contributed by atoms with Gasteiger partial charge in [0, 0.05) is 19.0 Å². The minimum atomic E-state index is 0.102. The van der Waals surface area contributed by atoms with Gasteiger partial charge in [0.15, 0.2) is 0 Å².